The van der Waals surface area contributed by atoms with Crippen molar-refractivity contribution >= 4 is 23.5 Å². The Morgan fingerprint density at radius 1 is 1.19 bits per heavy atom. The first-order valence-electron chi connectivity index (χ1n) is 9.37. The second-order valence-corrected chi connectivity index (χ2v) is 9.06. The van der Waals surface area contributed by atoms with Gasteiger partial charge in [-0.3, -0.25) is 9.59 Å². The van der Waals surface area contributed by atoms with E-state index in [1.54, 1.807) is 24.3 Å². The lowest BCUT2D eigenvalue weighted by molar-refractivity contribution is -0.146. The topological polar surface area (TPSA) is 83.8 Å². The fraction of sp³-hybridized carbons (Fsp3) is 0.524. The largest absolute Gasteiger partial charge is 0.508 e. The molecule has 2 N–H and O–H groups in total. The third-order valence-electron chi connectivity index (χ3n) is 6.46. The molecular formula is C21H24O5S. The van der Waals surface area contributed by atoms with E-state index in [-0.39, 0.29) is 41.2 Å². The van der Waals surface area contributed by atoms with Gasteiger partial charge in [0.2, 0.25) is 0 Å². The van der Waals surface area contributed by atoms with Crippen LogP contribution in [0, 0.1) is 29.6 Å². The maximum Gasteiger partial charge on any atom is 0.310 e. The number of thioether (sulfide) groups is 1. The first-order chi connectivity index (χ1) is 12.9. The van der Waals surface area contributed by atoms with Crippen LogP contribution in [0.3, 0.4) is 0 Å². The number of carbonyl (C=O) groups is 2. The summed E-state index contributed by atoms with van der Waals surface area (Å²) < 4.78 is 5.77. The van der Waals surface area contributed by atoms with Gasteiger partial charge in [-0.2, -0.15) is 0 Å². The Kier molecular flexibility index (Phi) is 4.80. The SMILES string of the molecule is C=C1C[C@H](O)[C@@H]2[C@H](OC(=O)[C@H]2CSc2ccc(O)cc2)[C@H]2[C@H](C)C(=O)C[C@@H]12. The molecule has 1 aliphatic heterocycles. The van der Waals surface area contributed by atoms with Crippen molar-refractivity contribution in [3.63, 3.8) is 0 Å². The monoisotopic (exact) mass is 388 g/mol. The zero-order valence-corrected chi connectivity index (χ0v) is 16.0. The summed E-state index contributed by atoms with van der Waals surface area (Å²) in [5.74, 6) is -0.404. The van der Waals surface area contributed by atoms with Gasteiger partial charge in [-0.05, 0) is 36.6 Å². The lowest BCUT2D eigenvalue weighted by Crippen LogP contribution is -2.38. The molecule has 0 radical (unpaired) electrons. The zero-order valence-electron chi connectivity index (χ0n) is 15.2. The van der Waals surface area contributed by atoms with Gasteiger partial charge in [-0.1, -0.05) is 19.1 Å². The van der Waals surface area contributed by atoms with E-state index < -0.39 is 18.1 Å². The number of benzene rings is 1. The maximum atomic E-state index is 12.6. The van der Waals surface area contributed by atoms with Crippen molar-refractivity contribution in [3.8, 4) is 5.75 Å². The number of ether oxygens (including phenoxy) is 1. The predicted octanol–water partition coefficient (Wildman–Crippen LogP) is 2.80. The summed E-state index contributed by atoms with van der Waals surface area (Å²) in [4.78, 5) is 25.9. The molecule has 5 nitrogen and oxygen atoms in total. The normalized spacial score (nSPS) is 38.3. The number of aromatic hydroxyl groups is 1. The van der Waals surface area contributed by atoms with E-state index in [1.165, 1.54) is 11.8 Å². The molecule has 6 heteroatoms. The summed E-state index contributed by atoms with van der Waals surface area (Å²) in [5.41, 5.74) is 0.903. The minimum atomic E-state index is -0.688. The highest BCUT2D eigenvalue weighted by Gasteiger charge is 2.58. The average Bonchev–Trinajstić information content (AvgIpc) is 3.08. The zero-order chi connectivity index (χ0) is 19.3. The van der Waals surface area contributed by atoms with Crippen LogP contribution in [-0.2, 0) is 14.3 Å². The highest BCUT2D eigenvalue weighted by molar-refractivity contribution is 7.99. The number of esters is 1. The van der Waals surface area contributed by atoms with Crippen molar-refractivity contribution in [1.29, 1.82) is 0 Å². The number of hydrogen-bond acceptors (Lipinski definition) is 6. The van der Waals surface area contributed by atoms with Crippen LogP contribution in [0.25, 0.3) is 0 Å². The Morgan fingerprint density at radius 3 is 2.59 bits per heavy atom. The molecule has 0 bridgehead atoms. The fourth-order valence-electron chi connectivity index (χ4n) is 5.00. The molecular weight excluding hydrogens is 364 g/mol. The van der Waals surface area contributed by atoms with Crippen LogP contribution in [0.15, 0.2) is 41.3 Å². The smallest absolute Gasteiger partial charge is 0.310 e. The summed E-state index contributed by atoms with van der Waals surface area (Å²) >= 11 is 1.51. The van der Waals surface area contributed by atoms with E-state index in [0.29, 0.717) is 18.6 Å². The fourth-order valence-corrected chi connectivity index (χ4v) is 6.06. The van der Waals surface area contributed by atoms with Gasteiger partial charge >= 0.3 is 5.97 Å². The number of phenolic OH excluding ortho intramolecular Hbond substituents is 1. The molecule has 1 aromatic rings. The molecule has 2 saturated carbocycles. The Morgan fingerprint density at radius 2 is 1.89 bits per heavy atom. The molecule has 27 heavy (non-hydrogen) atoms. The van der Waals surface area contributed by atoms with E-state index in [1.807, 2.05) is 6.92 Å². The van der Waals surface area contributed by atoms with Gasteiger partial charge in [-0.25, -0.2) is 0 Å². The van der Waals surface area contributed by atoms with Crippen molar-refractivity contribution in [2.24, 2.45) is 29.6 Å². The molecule has 0 amide bonds. The molecule has 1 saturated heterocycles. The standard InChI is InChI=1S/C21H24O5S/c1-10-7-17(24)19-15(9-27-13-5-3-12(22)4-6-13)21(25)26-20(19)18-11(2)16(23)8-14(10)18/h3-6,11,14-15,17-20,22,24H,1,7-9H2,2H3/t11-,14+,15+,17+,18+,19-,20-/m1/s1. The van der Waals surface area contributed by atoms with E-state index >= 15 is 0 Å². The molecule has 3 fully saturated rings. The van der Waals surface area contributed by atoms with Crippen LogP contribution in [0.5, 0.6) is 5.75 Å². The molecule has 2 aliphatic carbocycles. The van der Waals surface area contributed by atoms with E-state index in [0.717, 1.165) is 10.5 Å². The van der Waals surface area contributed by atoms with Crippen LogP contribution < -0.4 is 0 Å². The molecule has 1 heterocycles. The van der Waals surface area contributed by atoms with Crippen LogP contribution >= 0.6 is 11.8 Å². The highest BCUT2D eigenvalue weighted by atomic mass is 32.2. The number of aliphatic hydroxyl groups excluding tert-OH is 1. The number of hydrogen-bond donors (Lipinski definition) is 2. The number of ketones is 1. The first-order valence-corrected chi connectivity index (χ1v) is 10.4. The second-order valence-electron chi connectivity index (χ2n) is 7.96. The minimum absolute atomic E-state index is 0.00606. The number of Topliss-reactive ketones (excluding diaryl/α,β-unsaturated/α-hetero) is 1. The summed E-state index contributed by atoms with van der Waals surface area (Å²) in [7, 11) is 0. The second kappa shape index (κ2) is 6.99. The Hall–Kier alpha value is -1.79. The van der Waals surface area contributed by atoms with Gasteiger partial charge in [0.15, 0.2) is 0 Å². The molecule has 0 aromatic heterocycles. The van der Waals surface area contributed by atoms with Gasteiger partial charge in [0.1, 0.15) is 17.6 Å². The van der Waals surface area contributed by atoms with Crippen LogP contribution in [0.2, 0.25) is 0 Å². The van der Waals surface area contributed by atoms with Gasteiger partial charge in [-0.15, -0.1) is 11.8 Å². The lowest BCUT2D eigenvalue weighted by atomic mass is 9.77. The average molecular weight is 388 g/mol. The summed E-state index contributed by atoms with van der Waals surface area (Å²) in [6.07, 6.45) is -0.263. The van der Waals surface area contributed by atoms with Crippen molar-refractivity contribution in [2.45, 2.75) is 36.9 Å². The highest BCUT2D eigenvalue weighted by Crippen LogP contribution is 2.52. The lowest BCUT2D eigenvalue weighted by Gasteiger charge is -2.29. The Balaban J connectivity index is 1.58. The van der Waals surface area contributed by atoms with Gasteiger partial charge in [0.05, 0.1) is 12.0 Å². The molecule has 7 atom stereocenters. The van der Waals surface area contributed by atoms with Crippen molar-refractivity contribution < 1.29 is 24.5 Å². The molecule has 0 spiro atoms. The summed E-state index contributed by atoms with van der Waals surface area (Å²) in [6, 6.07) is 6.83. The third kappa shape index (κ3) is 3.19. The van der Waals surface area contributed by atoms with Crippen LogP contribution in [0.4, 0.5) is 0 Å². The van der Waals surface area contributed by atoms with Crippen LogP contribution in [0.1, 0.15) is 19.8 Å². The van der Waals surface area contributed by atoms with Crippen molar-refractivity contribution in [1.82, 2.24) is 0 Å². The van der Waals surface area contributed by atoms with E-state index in [4.69, 9.17) is 4.74 Å². The van der Waals surface area contributed by atoms with Crippen molar-refractivity contribution in [3.05, 3.63) is 36.4 Å². The van der Waals surface area contributed by atoms with Gasteiger partial charge in [0.25, 0.3) is 0 Å². The molecule has 1 aromatic carbocycles. The minimum Gasteiger partial charge on any atom is -0.508 e. The maximum absolute atomic E-state index is 12.6. The number of rotatable bonds is 3. The number of phenols is 1. The molecule has 3 aliphatic rings. The summed E-state index contributed by atoms with van der Waals surface area (Å²) in [6.45, 7) is 6.03. The van der Waals surface area contributed by atoms with Crippen molar-refractivity contribution in [2.75, 3.05) is 5.75 Å². The number of aliphatic hydroxyl groups is 1. The Bertz CT molecular complexity index is 773. The quantitative estimate of drug-likeness (QED) is 0.471. The molecule has 144 valence electrons. The van der Waals surface area contributed by atoms with Gasteiger partial charge in [0, 0.05) is 34.8 Å². The van der Waals surface area contributed by atoms with E-state index in [9.17, 15) is 19.8 Å². The predicted molar refractivity (Wildman–Crippen MR) is 101 cm³/mol. The Labute approximate surface area is 162 Å². The number of carbonyl (C=O) groups excluding carboxylic acids is 2. The van der Waals surface area contributed by atoms with Crippen LogP contribution in [-0.4, -0.2) is 39.9 Å². The first kappa shape index (κ1) is 18.6. The molecule has 0 unspecified atom stereocenters. The number of fused-ring (bicyclic) bond motifs is 3. The molecule has 4 rings (SSSR count). The van der Waals surface area contributed by atoms with E-state index in [2.05, 4.69) is 6.58 Å². The van der Waals surface area contributed by atoms with Gasteiger partial charge < -0.3 is 14.9 Å². The summed E-state index contributed by atoms with van der Waals surface area (Å²) in [5, 5.41) is 20.2. The third-order valence-corrected chi connectivity index (χ3v) is 7.59.